The van der Waals surface area contributed by atoms with Crippen LogP contribution in [-0.2, 0) is 0 Å². The fourth-order valence-corrected chi connectivity index (χ4v) is 4.11. The molecule has 4 rings (SSSR count). The summed E-state index contributed by atoms with van der Waals surface area (Å²) in [6.45, 7) is 2.33. The van der Waals surface area contributed by atoms with Crippen LogP contribution in [-0.4, -0.2) is 37.0 Å². The van der Waals surface area contributed by atoms with Gasteiger partial charge in [0.15, 0.2) is 5.76 Å². The van der Waals surface area contributed by atoms with Crippen LogP contribution in [0.1, 0.15) is 10.6 Å². The lowest BCUT2D eigenvalue weighted by Gasteiger charge is -2.35. The summed E-state index contributed by atoms with van der Waals surface area (Å²) < 4.78 is 6.09. The molecule has 0 aliphatic carbocycles. The highest BCUT2D eigenvalue weighted by Gasteiger charge is 2.25. The summed E-state index contributed by atoms with van der Waals surface area (Å²) in [6, 6.07) is 8.75. The molecule has 3 heterocycles. The summed E-state index contributed by atoms with van der Waals surface area (Å²) in [5.74, 6) is 0.237. The van der Waals surface area contributed by atoms with Gasteiger partial charge in [0.05, 0.1) is 12.0 Å². The van der Waals surface area contributed by atoms with Gasteiger partial charge in [-0.15, -0.1) is 11.3 Å². The van der Waals surface area contributed by atoms with Crippen molar-refractivity contribution in [3.63, 3.8) is 0 Å². The summed E-state index contributed by atoms with van der Waals surface area (Å²) in [4.78, 5) is 28.9. The standard InChI is InChI=1S/C18H15ClN2O3S/c19-12-3-4-16-13(10-12)17(22)14(11-25-16)20-5-7-21(8-6-20)18(23)15-2-1-9-24-15/h1-4,9-11H,5-8H2. The van der Waals surface area contributed by atoms with E-state index in [1.54, 1.807) is 29.2 Å². The van der Waals surface area contributed by atoms with Crippen molar-refractivity contribution in [1.29, 1.82) is 0 Å². The molecule has 1 aliphatic heterocycles. The Hall–Kier alpha value is -2.31. The number of nitrogens with zero attached hydrogens (tertiary/aromatic N) is 2. The first kappa shape index (κ1) is 16.2. The minimum atomic E-state index is -0.111. The van der Waals surface area contributed by atoms with Crippen LogP contribution in [0.15, 0.2) is 51.2 Å². The van der Waals surface area contributed by atoms with Crippen molar-refractivity contribution in [3.05, 3.63) is 63.0 Å². The summed E-state index contributed by atoms with van der Waals surface area (Å²) in [7, 11) is 0. The summed E-state index contributed by atoms with van der Waals surface area (Å²) >= 11 is 7.56. The predicted molar refractivity (Wildman–Crippen MR) is 99.9 cm³/mol. The van der Waals surface area contributed by atoms with Gasteiger partial charge in [0.25, 0.3) is 5.91 Å². The maximum absolute atomic E-state index is 12.8. The predicted octanol–water partition coefficient (Wildman–Crippen LogP) is 3.47. The fourth-order valence-electron chi connectivity index (χ4n) is 3.02. The SMILES string of the molecule is O=C(c1ccco1)N1CCN(c2csc3ccc(Cl)cc3c2=O)CC1. The minimum absolute atomic E-state index is 0.0120. The second kappa shape index (κ2) is 6.54. The van der Waals surface area contributed by atoms with Crippen LogP contribution < -0.4 is 10.3 Å². The number of hydrogen-bond acceptors (Lipinski definition) is 5. The maximum atomic E-state index is 12.8. The van der Waals surface area contributed by atoms with Gasteiger partial charge in [-0.2, -0.15) is 0 Å². The zero-order valence-electron chi connectivity index (χ0n) is 13.3. The first-order valence-corrected chi connectivity index (χ1v) is 9.18. The Kier molecular flexibility index (Phi) is 4.23. The van der Waals surface area contributed by atoms with Crippen LogP contribution in [0.3, 0.4) is 0 Å². The highest BCUT2D eigenvalue weighted by molar-refractivity contribution is 7.16. The number of carbonyl (C=O) groups is 1. The third-order valence-electron chi connectivity index (χ3n) is 4.36. The molecular formula is C18H15ClN2O3S. The topological polar surface area (TPSA) is 53.8 Å². The fraction of sp³-hybridized carbons (Fsp3) is 0.222. The molecule has 1 fully saturated rings. The van der Waals surface area contributed by atoms with E-state index in [0.717, 1.165) is 4.70 Å². The Balaban J connectivity index is 1.55. The molecule has 5 nitrogen and oxygen atoms in total. The number of amides is 1. The van der Waals surface area contributed by atoms with Crippen LogP contribution in [0.4, 0.5) is 5.69 Å². The minimum Gasteiger partial charge on any atom is -0.459 e. The Morgan fingerprint density at radius 1 is 1.16 bits per heavy atom. The highest BCUT2D eigenvalue weighted by atomic mass is 35.5. The number of rotatable bonds is 2. The molecule has 1 aliphatic rings. The van der Waals surface area contributed by atoms with E-state index in [4.69, 9.17) is 16.0 Å². The molecule has 1 amide bonds. The lowest BCUT2D eigenvalue weighted by Crippen LogP contribution is -2.49. The highest BCUT2D eigenvalue weighted by Crippen LogP contribution is 2.25. The third-order valence-corrected chi connectivity index (χ3v) is 5.54. The van der Waals surface area contributed by atoms with Crippen LogP contribution in [0, 0.1) is 0 Å². The lowest BCUT2D eigenvalue weighted by molar-refractivity contribution is 0.0714. The average Bonchev–Trinajstić information content (AvgIpc) is 3.17. The van der Waals surface area contributed by atoms with E-state index in [2.05, 4.69) is 0 Å². The van der Waals surface area contributed by atoms with Crippen LogP contribution in [0.5, 0.6) is 0 Å². The monoisotopic (exact) mass is 374 g/mol. The van der Waals surface area contributed by atoms with Gasteiger partial charge in [0.1, 0.15) is 0 Å². The van der Waals surface area contributed by atoms with Gasteiger partial charge in [0.2, 0.25) is 5.43 Å². The molecule has 7 heteroatoms. The average molecular weight is 375 g/mol. The molecule has 2 aromatic heterocycles. The summed E-state index contributed by atoms with van der Waals surface area (Å²) in [5, 5.41) is 3.09. The zero-order valence-corrected chi connectivity index (χ0v) is 14.8. The van der Waals surface area contributed by atoms with Gasteiger partial charge in [-0.3, -0.25) is 9.59 Å². The molecule has 1 aromatic carbocycles. The normalized spacial score (nSPS) is 14.9. The second-order valence-corrected chi connectivity index (χ2v) is 7.19. The van der Waals surface area contributed by atoms with Crippen LogP contribution in [0.2, 0.25) is 5.02 Å². The van der Waals surface area contributed by atoms with Gasteiger partial charge in [-0.05, 0) is 30.3 Å². The van der Waals surface area contributed by atoms with Crippen molar-refractivity contribution in [2.24, 2.45) is 0 Å². The van der Waals surface area contributed by atoms with Crippen LogP contribution in [0.25, 0.3) is 10.1 Å². The molecular weight excluding hydrogens is 360 g/mol. The number of piperazine rings is 1. The first-order valence-electron chi connectivity index (χ1n) is 7.92. The van der Waals surface area contributed by atoms with Crippen molar-refractivity contribution < 1.29 is 9.21 Å². The molecule has 3 aromatic rings. The summed E-state index contributed by atoms with van der Waals surface area (Å²) in [6.07, 6.45) is 1.49. The number of anilines is 1. The number of halogens is 1. The molecule has 1 saturated heterocycles. The second-order valence-electron chi connectivity index (χ2n) is 5.85. The van der Waals surface area contributed by atoms with E-state index in [0.29, 0.717) is 48.0 Å². The van der Waals surface area contributed by atoms with E-state index in [-0.39, 0.29) is 11.3 Å². The third kappa shape index (κ3) is 3.03. The van der Waals surface area contributed by atoms with E-state index in [1.165, 1.54) is 17.6 Å². The molecule has 0 saturated carbocycles. The molecule has 0 spiro atoms. The molecule has 0 unspecified atom stereocenters. The largest absolute Gasteiger partial charge is 0.459 e. The van der Waals surface area contributed by atoms with Gasteiger partial charge in [-0.25, -0.2) is 0 Å². The Morgan fingerprint density at radius 3 is 2.68 bits per heavy atom. The van der Waals surface area contributed by atoms with Crippen LogP contribution >= 0.6 is 22.9 Å². The Bertz CT molecular complexity index is 976. The van der Waals surface area contributed by atoms with Crippen molar-refractivity contribution in [2.75, 3.05) is 31.1 Å². The molecule has 0 N–H and O–H groups in total. The molecule has 0 atom stereocenters. The lowest BCUT2D eigenvalue weighted by atomic mass is 10.2. The number of hydrogen-bond donors (Lipinski definition) is 0. The number of benzene rings is 1. The number of fused-ring (bicyclic) bond motifs is 1. The van der Waals surface area contributed by atoms with Crippen molar-refractivity contribution in [1.82, 2.24) is 4.90 Å². The van der Waals surface area contributed by atoms with E-state index < -0.39 is 0 Å². The molecule has 25 heavy (non-hydrogen) atoms. The Morgan fingerprint density at radius 2 is 1.96 bits per heavy atom. The Labute approximate surface area is 153 Å². The molecule has 128 valence electrons. The van der Waals surface area contributed by atoms with Crippen molar-refractivity contribution >= 4 is 44.6 Å². The van der Waals surface area contributed by atoms with Gasteiger partial charge in [0, 0.05) is 46.7 Å². The van der Waals surface area contributed by atoms with E-state index in [9.17, 15) is 9.59 Å². The molecule has 0 bridgehead atoms. The quantitative estimate of drug-likeness (QED) is 0.689. The van der Waals surface area contributed by atoms with Gasteiger partial charge >= 0.3 is 0 Å². The smallest absolute Gasteiger partial charge is 0.289 e. The zero-order chi connectivity index (χ0) is 17.4. The first-order chi connectivity index (χ1) is 12.1. The maximum Gasteiger partial charge on any atom is 0.289 e. The van der Waals surface area contributed by atoms with Gasteiger partial charge < -0.3 is 14.2 Å². The number of carbonyl (C=O) groups excluding carboxylic acids is 1. The van der Waals surface area contributed by atoms with Crippen molar-refractivity contribution in [3.8, 4) is 0 Å². The summed E-state index contributed by atoms with van der Waals surface area (Å²) in [5.41, 5.74) is 0.659. The van der Waals surface area contributed by atoms with Crippen molar-refractivity contribution in [2.45, 2.75) is 0 Å². The van der Waals surface area contributed by atoms with E-state index in [1.807, 2.05) is 16.3 Å². The van der Waals surface area contributed by atoms with Gasteiger partial charge in [-0.1, -0.05) is 11.6 Å². The molecule has 0 radical (unpaired) electrons. The van der Waals surface area contributed by atoms with E-state index >= 15 is 0 Å². The number of furan rings is 1.